The van der Waals surface area contributed by atoms with Crippen molar-refractivity contribution in [1.29, 1.82) is 0 Å². The molecule has 9 heteroatoms. The summed E-state index contributed by atoms with van der Waals surface area (Å²) in [6.07, 6.45) is 4.75. The van der Waals surface area contributed by atoms with Crippen LogP contribution in [0.1, 0.15) is 38.5 Å². The summed E-state index contributed by atoms with van der Waals surface area (Å²) in [5.74, 6) is 1.48. The minimum Gasteiger partial charge on any atom is -0.497 e. The van der Waals surface area contributed by atoms with E-state index < -0.39 is 15.4 Å². The average molecular weight is 517 g/mol. The molecule has 2 saturated heterocycles. The molecule has 196 valence electrons. The number of amides is 1. The van der Waals surface area contributed by atoms with Crippen LogP contribution in [0.25, 0.3) is 0 Å². The fourth-order valence-electron chi connectivity index (χ4n) is 5.13. The number of hydrogen-bond acceptors (Lipinski definition) is 6. The molecule has 2 aromatic rings. The largest absolute Gasteiger partial charge is 0.497 e. The second kappa shape index (κ2) is 11.5. The quantitative estimate of drug-likeness (QED) is 0.502. The normalized spacial score (nSPS) is 21.1. The fourth-order valence-corrected chi connectivity index (χ4v) is 6.90. The summed E-state index contributed by atoms with van der Waals surface area (Å²) in [6, 6.07) is 14.2. The molecule has 2 aliphatic rings. The molecule has 1 amide bonds. The number of benzene rings is 2. The third-order valence-electron chi connectivity index (χ3n) is 7.14. The lowest BCUT2D eigenvalue weighted by Crippen LogP contribution is -2.51. The Hall–Kier alpha value is -2.78. The van der Waals surface area contributed by atoms with Crippen LogP contribution in [0.5, 0.6) is 17.2 Å². The van der Waals surface area contributed by atoms with E-state index in [2.05, 4.69) is 0 Å². The zero-order valence-electron chi connectivity index (χ0n) is 21.1. The molecule has 0 N–H and O–H groups in total. The van der Waals surface area contributed by atoms with Gasteiger partial charge in [-0.25, -0.2) is 8.42 Å². The molecule has 0 spiro atoms. The summed E-state index contributed by atoms with van der Waals surface area (Å²) in [4.78, 5) is 15.3. The summed E-state index contributed by atoms with van der Waals surface area (Å²) in [5.41, 5.74) is -0.637. The monoisotopic (exact) mass is 516 g/mol. The number of ether oxygens (including phenoxy) is 3. The van der Waals surface area contributed by atoms with Gasteiger partial charge < -0.3 is 19.1 Å². The van der Waals surface area contributed by atoms with E-state index in [4.69, 9.17) is 14.2 Å². The first-order valence-corrected chi connectivity index (χ1v) is 14.0. The topological polar surface area (TPSA) is 85.4 Å². The highest BCUT2D eigenvalue weighted by atomic mass is 32.2. The van der Waals surface area contributed by atoms with Gasteiger partial charge in [0.25, 0.3) is 0 Å². The van der Waals surface area contributed by atoms with Crippen molar-refractivity contribution in [3.63, 3.8) is 0 Å². The number of para-hydroxylation sites is 1. The van der Waals surface area contributed by atoms with Gasteiger partial charge in [-0.15, -0.1) is 0 Å². The molecule has 0 radical (unpaired) electrons. The van der Waals surface area contributed by atoms with Crippen molar-refractivity contribution in [2.45, 2.75) is 43.4 Å². The highest BCUT2D eigenvalue weighted by Gasteiger charge is 2.44. The Morgan fingerprint density at radius 2 is 1.67 bits per heavy atom. The summed E-state index contributed by atoms with van der Waals surface area (Å²) in [7, 11) is -0.956. The van der Waals surface area contributed by atoms with Crippen LogP contribution in [-0.4, -0.2) is 70.5 Å². The molecule has 8 nitrogen and oxygen atoms in total. The van der Waals surface area contributed by atoms with Crippen molar-refractivity contribution in [3.05, 3.63) is 48.5 Å². The van der Waals surface area contributed by atoms with E-state index in [0.717, 1.165) is 32.4 Å². The van der Waals surface area contributed by atoms with E-state index in [0.29, 0.717) is 30.9 Å². The summed E-state index contributed by atoms with van der Waals surface area (Å²) in [6.45, 7) is 2.35. The van der Waals surface area contributed by atoms with E-state index in [-0.39, 0.29) is 36.1 Å². The molecular weight excluding hydrogens is 480 g/mol. The average Bonchev–Trinajstić information content (AvgIpc) is 2.92. The van der Waals surface area contributed by atoms with Crippen LogP contribution in [0.15, 0.2) is 53.4 Å². The van der Waals surface area contributed by atoms with Crippen molar-refractivity contribution in [2.75, 3.05) is 47.0 Å². The predicted molar refractivity (Wildman–Crippen MR) is 137 cm³/mol. The molecule has 4 rings (SSSR count). The van der Waals surface area contributed by atoms with E-state index in [1.165, 1.54) is 24.6 Å². The highest BCUT2D eigenvalue weighted by Crippen LogP contribution is 2.39. The highest BCUT2D eigenvalue weighted by molar-refractivity contribution is 7.89. The number of carbonyl (C=O) groups excluding carboxylic acids is 1. The number of piperidine rings is 2. The third kappa shape index (κ3) is 5.95. The number of hydrogen-bond donors (Lipinski definition) is 0. The minimum absolute atomic E-state index is 0.0616. The van der Waals surface area contributed by atoms with Gasteiger partial charge in [-0.05, 0) is 56.4 Å². The number of likely N-dealkylation sites (tertiary alicyclic amines) is 1. The number of rotatable bonds is 9. The maximum absolute atomic E-state index is 13.8. The molecule has 0 aliphatic carbocycles. The van der Waals surface area contributed by atoms with Crippen LogP contribution in [0.3, 0.4) is 0 Å². The molecular formula is C27H36N2O6S. The van der Waals surface area contributed by atoms with Crippen molar-refractivity contribution < 1.29 is 27.4 Å². The first kappa shape index (κ1) is 26.3. The molecule has 0 aromatic heterocycles. The lowest BCUT2D eigenvalue weighted by molar-refractivity contribution is -0.136. The lowest BCUT2D eigenvalue weighted by Gasteiger charge is -2.42. The van der Waals surface area contributed by atoms with E-state index in [9.17, 15) is 13.2 Å². The Morgan fingerprint density at radius 3 is 2.36 bits per heavy atom. The van der Waals surface area contributed by atoms with Crippen molar-refractivity contribution in [3.8, 4) is 17.2 Å². The fraction of sp³-hybridized carbons (Fsp3) is 0.519. The van der Waals surface area contributed by atoms with Gasteiger partial charge in [0.2, 0.25) is 15.9 Å². The summed E-state index contributed by atoms with van der Waals surface area (Å²) in [5, 5.41) is 0. The molecule has 2 aliphatic heterocycles. The Kier molecular flexibility index (Phi) is 8.41. The van der Waals surface area contributed by atoms with Gasteiger partial charge in [0.05, 0.1) is 20.8 Å². The molecule has 0 bridgehead atoms. The third-order valence-corrected chi connectivity index (χ3v) is 9.00. The van der Waals surface area contributed by atoms with Crippen LogP contribution < -0.4 is 14.2 Å². The lowest BCUT2D eigenvalue weighted by atomic mass is 9.78. The van der Waals surface area contributed by atoms with Crippen LogP contribution in [-0.2, 0) is 14.8 Å². The molecule has 1 atom stereocenters. The van der Waals surface area contributed by atoms with Crippen LogP contribution in [0.4, 0.5) is 0 Å². The van der Waals surface area contributed by atoms with Crippen LogP contribution >= 0.6 is 0 Å². The van der Waals surface area contributed by atoms with Crippen LogP contribution in [0.2, 0.25) is 0 Å². The van der Waals surface area contributed by atoms with Gasteiger partial charge in [-0.2, -0.15) is 4.31 Å². The van der Waals surface area contributed by atoms with Gasteiger partial charge in [-0.3, -0.25) is 4.79 Å². The zero-order valence-corrected chi connectivity index (χ0v) is 22.0. The molecule has 2 aromatic carbocycles. The molecule has 2 heterocycles. The summed E-state index contributed by atoms with van der Waals surface area (Å²) >= 11 is 0. The SMILES string of the molecule is COc1ccc(OC)c(S(=O)(=O)N2CCC[C@](COc3ccccc3)(CC(=O)N3CCCCC3)C2)c1. The van der Waals surface area contributed by atoms with E-state index in [1.54, 1.807) is 12.1 Å². The van der Waals surface area contributed by atoms with Gasteiger partial charge in [0, 0.05) is 44.1 Å². The second-order valence-corrected chi connectivity index (χ2v) is 11.6. The number of methoxy groups -OCH3 is 2. The smallest absolute Gasteiger partial charge is 0.246 e. The second-order valence-electron chi connectivity index (χ2n) is 9.68. The van der Waals surface area contributed by atoms with Crippen LogP contribution in [0, 0.1) is 5.41 Å². The minimum atomic E-state index is -3.90. The standard InChI is InChI=1S/C27H36N2O6S/c1-33-23-12-13-24(34-2)25(18-23)36(31,32)29-17-9-14-27(20-29,21-35-22-10-5-3-6-11-22)19-26(30)28-15-7-4-8-16-28/h3,5-6,10-13,18H,4,7-9,14-17,19-21H2,1-2H3/t27-/m0/s1. The Morgan fingerprint density at radius 1 is 0.917 bits per heavy atom. The van der Waals surface area contributed by atoms with E-state index >= 15 is 0 Å². The number of nitrogens with zero attached hydrogens (tertiary/aromatic N) is 2. The molecule has 0 saturated carbocycles. The molecule has 36 heavy (non-hydrogen) atoms. The Bertz CT molecular complexity index is 1130. The van der Waals surface area contributed by atoms with Gasteiger partial charge in [0.15, 0.2) is 0 Å². The first-order chi connectivity index (χ1) is 17.4. The maximum atomic E-state index is 13.8. The van der Waals surface area contributed by atoms with Gasteiger partial charge in [0.1, 0.15) is 22.1 Å². The first-order valence-electron chi connectivity index (χ1n) is 12.5. The Labute approximate surface area is 214 Å². The predicted octanol–water partition coefficient (Wildman–Crippen LogP) is 3.96. The Balaban J connectivity index is 1.62. The zero-order chi connectivity index (χ0) is 25.6. The molecule has 2 fully saturated rings. The van der Waals surface area contributed by atoms with Crippen molar-refractivity contribution in [1.82, 2.24) is 9.21 Å². The van der Waals surface area contributed by atoms with Gasteiger partial charge in [-0.1, -0.05) is 18.2 Å². The molecule has 0 unspecified atom stereocenters. The summed E-state index contributed by atoms with van der Waals surface area (Å²) < 4.78 is 46.0. The number of carbonyl (C=O) groups is 1. The van der Waals surface area contributed by atoms with Crippen molar-refractivity contribution in [2.24, 2.45) is 5.41 Å². The number of sulfonamides is 1. The maximum Gasteiger partial charge on any atom is 0.246 e. The van der Waals surface area contributed by atoms with Crippen molar-refractivity contribution >= 4 is 15.9 Å². The van der Waals surface area contributed by atoms with Gasteiger partial charge >= 0.3 is 0 Å². The van der Waals surface area contributed by atoms with E-state index in [1.807, 2.05) is 35.2 Å².